The van der Waals surface area contributed by atoms with Crippen LogP contribution < -0.4 is 10.3 Å². The third-order valence-corrected chi connectivity index (χ3v) is 3.22. The first-order valence-corrected chi connectivity index (χ1v) is 6.19. The van der Waals surface area contributed by atoms with Crippen molar-refractivity contribution in [2.24, 2.45) is 0 Å². The Morgan fingerprint density at radius 2 is 2.26 bits per heavy atom. The van der Waals surface area contributed by atoms with Crippen molar-refractivity contribution in [3.8, 4) is 6.01 Å². The molecule has 2 aromatic rings. The number of carboxylic acid groups (broad SMARTS) is 1. The Kier molecular flexibility index (Phi) is 3.61. The minimum atomic E-state index is -1.09. The number of aryl methyl sites for hydroxylation is 1. The molecule has 2 heterocycles. The summed E-state index contributed by atoms with van der Waals surface area (Å²) in [6, 6.07) is 1.56. The van der Waals surface area contributed by atoms with E-state index in [4.69, 9.17) is 9.84 Å². The van der Waals surface area contributed by atoms with E-state index in [-0.39, 0.29) is 23.1 Å². The van der Waals surface area contributed by atoms with Crippen molar-refractivity contribution in [2.75, 3.05) is 7.11 Å². The fourth-order valence-electron chi connectivity index (χ4n) is 1.54. The zero-order valence-electron chi connectivity index (χ0n) is 10.3. The third kappa shape index (κ3) is 2.79. The molecule has 7 nitrogen and oxygen atoms in total. The average Bonchev–Trinajstić information content (AvgIpc) is 2.81. The highest BCUT2D eigenvalue weighted by atomic mass is 32.1. The van der Waals surface area contributed by atoms with Gasteiger partial charge in [0.05, 0.1) is 19.3 Å². The molecule has 100 valence electrons. The molecule has 0 radical (unpaired) electrons. The first-order valence-electron chi connectivity index (χ1n) is 5.31. The standard InChI is InChI=1S/C11H11N3O4S/c1-6-3-8(15)14(11(12-6)18-2)4-7-5-19-9(13-7)10(16)17/h3,5H,4H2,1-2H3,(H,16,17). The molecule has 0 aromatic carbocycles. The number of carboxylic acids is 1. The van der Waals surface area contributed by atoms with Crippen LogP contribution in [-0.4, -0.2) is 32.7 Å². The number of nitrogens with zero attached hydrogens (tertiary/aromatic N) is 3. The molecule has 2 rings (SSSR count). The van der Waals surface area contributed by atoms with Crippen molar-refractivity contribution >= 4 is 17.3 Å². The van der Waals surface area contributed by atoms with E-state index < -0.39 is 5.97 Å². The number of aromatic nitrogens is 3. The molecule has 0 spiro atoms. The van der Waals surface area contributed by atoms with Crippen LogP contribution in [0.5, 0.6) is 6.01 Å². The van der Waals surface area contributed by atoms with Crippen LogP contribution in [0.2, 0.25) is 0 Å². The molecule has 0 unspecified atom stereocenters. The average molecular weight is 281 g/mol. The van der Waals surface area contributed by atoms with Crippen LogP contribution in [0.3, 0.4) is 0 Å². The SMILES string of the molecule is COc1nc(C)cc(=O)n1Cc1csc(C(=O)O)n1. The highest BCUT2D eigenvalue weighted by molar-refractivity contribution is 7.11. The second-order valence-corrected chi connectivity index (χ2v) is 4.62. The van der Waals surface area contributed by atoms with Gasteiger partial charge in [-0.05, 0) is 6.92 Å². The lowest BCUT2D eigenvalue weighted by molar-refractivity contribution is 0.0696. The molecule has 0 saturated carbocycles. The molecule has 0 fully saturated rings. The van der Waals surface area contributed by atoms with Gasteiger partial charge in [-0.2, -0.15) is 0 Å². The normalized spacial score (nSPS) is 10.4. The number of methoxy groups -OCH3 is 1. The summed E-state index contributed by atoms with van der Waals surface area (Å²) < 4.78 is 6.34. The van der Waals surface area contributed by atoms with E-state index in [1.807, 2.05) is 0 Å². The van der Waals surface area contributed by atoms with Gasteiger partial charge in [0.25, 0.3) is 11.6 Å². The second kappa shape index (κ2) is 5.19. The summed E-state index contributed by atoms with van der Waals surface area (Å²) >= 11 is 1.01. The van der Waals surface area contributed by atoms with Gasteiger partial charge in [-0.1, -0.05) is 0 Å². The summed E-state index contributed by atoms with van der Waals surface area (Å²) in [4.78, 5) is 30.6. The first kappa shape index (κ1) is 13.2. The molecule has 0 aliphatic heterocycles. The van der Waals surface area contributed by atoms with Crippen molar-refractivity contribution in [3.63, 3.8) is 0 Å². The molecule has 0 atom stereocenters. The van der Waals surface area contributed by atoms with Crippen molar-refractivity contribution in [3.05, 3.63) is 38.2 Å². The Balaban J connectivity index is 2.37. The van der Waals surface area contributed by atoms with Gasteiger partial charge in [0.2, 0.25) is 5.01 Å². The number of thiazole rings is 1. The molecule has 8 heteroatoms. The molecule has 0 saturated heterocycles. The monoisotopic (exact) mass is 281 g/mol. The number of aromatic carboxylic acids is 1. The Labute approximate surface area is 112 Å². The Morgan fingerprint density at radius 1 is 1.53 bits per heavy atom. The number of rotatable bonds is 4. The maximum atomic E-state index is 11.9. The Bertz CT molecular complexity index is 677. The van der Waals surface area contributed by atoms with Crippen molar-refractivity contribution in [1.82, 2.24) is 14.5 Å². The van der Waals surface area contributed by atoms with Crippen molar-refractivity contribution < 1.29 is 14.6 Å². The zero-order valence-corrected chi connectivity index (χ0v) is 11.1. The highest BCUT2D eigenvalue weighted by Gasteiger charge is 2.12. The van der Waals surface area contributed by atoms with Crippen LogP contribution in [0.15, 0.2) is 16.2 Å². The highest BCUT2D eigenvalue weighted by Crippen LogP contribution is 2.13. The van der Waals surface area contributed by atoms with E-state index in [1.54, 1.807) is 12.3 Å². The van der Waals surface area contributed by atoms with Crippen molar-refractivity contribution in [1.29, 1.82) is 0 Å². The maximum Gasteiger partial charge on any atom is 0.365 e. The Hall–Kier alpha value is -2.22. The van der Waals surface area contributed by atoms with Gasteiger partial charge >= 0.3 is 5.97 Å². The van der Waals surface area contributed by atoms with Gasteiger partial charge in [0.15, 0.2) is 0 Å². The van der Waals surface area contributed by atoms with E-state index >= 15 is 0 Å². The lowest BCUT2D eigenvalue weighted by Gasteiger charge is -2.09. The summed E-state index contributed by atoms with van der Waals surface area (Å²) in [5, 5.41) is 10.4. The van der Waals surface area contributed by atoms with E-state index in [0.717, 1.165) is 11.3 Å². The van der Waals surface area contributed by atoms with Crippen molar-refractivity contribution in [2.45, 2.75) is 13.5 Å². The van der Waals surface area contributed by atoms with Crippen LogP contribution in [-0.2, 0) is 6.54 Å². The van der Waals surface area contributed by atoms with Crippen LogP contribution in [0.4, 0.5) is 0 Å². The first-order chi connectivity index (χ1) is 9.01. The molecule has 1 N–H and O–H groups in total. The van der Waals surface area contributed by atoms with Gasteiger partial charge < -0.3 is 9.84 Å². The largest absolute Gasteiger partial charge is 0.476 e. The summed E-state index contributed by atoms with van der Waals surface area (Å²) in [6.07, 6.45) is 0. The van der Waals surface area contributed by atoms with Crippen LogP contribution in [0.1, 0.15) is 21.2 Å². The summed E-state index contributed by atoms with van der Waals surface area (Å²) in [6.45, 7) is 1.82. The number of hydrogen-bond acceptors (Lipinski definition) is 6. The smallest absolute Gasteiger partial charge is 0.365 e. The Morgan fingerprint density at radius 3 is 2.84 bits per heavy atom. The summed E-state index contributed by atoms with van der Waals surface area (Å²) in [5.74, 6) is -1.09. The molecular weight excluding hydrogens is 270 g/mol. The maximum absolute atomic E-state index is 11.9. The molecule has 0 aliphatic carbocycles. The van der Waals surface area contributed by atoms with Crippen LogP contribution in [0.25, 0.3) is 0 Å². The van der Waals surface area contributed by atoms with Gasteiger partial charge in [0, 0.05) is 17.1 Å². The van der Waals surface area contributed by atoms with Crippen LogP contribution in [0, 0.1) is 6.92 Å². The molecule has 0 bridgehead atoms. The fourth-order valence-corrected chi connectivity index (χ4v) is 2.18. The lowest BCUT2D eigenvalue weighted by atomic mass is 10.4. The quantitative estimate of drug-likeness (QED) is 0.889. The number of carbonyl (C=O) groups is 1. The molecule has 0 amide bonds. The molecular formula is C11H11N3O4S. The molecule has 2 aromatic heterocycles. The molecule has 19 heavy (non-hydrogen) atoms. The van der Waals surface area contributed by atoms with E-state index in [2.05, 4.69) is 9.97 Å². The van der Waals surface area contributed by atoms with Gasteiger partial charge in [0.1, 0.15) is 0 Å². The fraction of sp³-hybridized carbons (Fsp3) is 0.273. The summed E-state index contributed by atoms with van der Waals surface area (Å²) in [7, 11) is 1.42. The van der Waals surface area contributed by atoms with Gasteiger partial charge in [-0.15, -0.1) is 11.3 Å². The predicted octanol–water partition coefficient (Wildman–Crippen LogP) is 0.763. The zero-order chi connectivity index (χ0) is 14.0. The second-order valence-electron chi connectivity index (χ2n) is 3.76. The van der Waals surface area contributed by atoms with E-state index in [0.29, 0.717) is 11.4 Å². The van der Waals surface area contributed by atoms with E-state index in [1.165, 1.54) is 17.7 Å². The molecule has 0 aliphatic rings. The van der Waals surface area contributed by atoms with Gasteiger partial charge in [-0.3, -0.25) is 9.36 Å². The third-order valence-electron chi connectivity index (χ3n) is 2.34. The minimum Gasteiger partial charge on any atom is -0.476 e. The number of hydrogen-bond donors (Lipinski definition) is 1. The lowest BCUT2D eigenvalue weighted by Crippen LogP contribution is -2.23. The van der Waals surface area contributed by atoms with Gasteiger partial charge in [-0.25, -0.2) is 14.8 Å². The predicted molar refractivity (Wildman–Crippen MR) is 68.0 cm³/mol. The number of ether oxygens (including phenoxy) is 1. The van der Waals surface area contributed by atoms with E-state index in [9.17, 15) is 9.59 Å². The van der Waals surface area contributed by atoms with Crippen LogP contribution >= 0.6 is 11.3 Å². The summed E-state index contributed by atoms with van der Waals surface area (Å²) in [5.41, 5.74) is 0.769. The topological polar surface area (TPSA) is 94.3 Å². The minimum absolute atomic E-state index is 0.0120.